The van der Waals surface area contributed by atoms with Crippen molar-refractivity contribution < 1.29 is 19.4 Å². The maximum absolute atomic E-state index is 12.6. The number of amides is 1. The smallest absolute Gasteiger partial charge is 0.307 e. The number of nitrogens with zero attached hydrogens (tertiary/aromatic N) is 1. The van der Waals surface area contributed by atoms with Crippen molar-refractivity contribution in [3.05, 3.63) is 0 Å². The molecule has 4 atom stereocenters. The highest BCUT2D eigenvalue weighted by atomic mass is 16.5. The first-order valence-electron chi connectivity index (χ1n) is 7.32. The number of hydrogen-bond acceptors (Lipinski definition) is 3. The Morgan fingerprint density at radius 3 is 2.11 bits per heavy atom. The zero-order valence-electron chi connectivity index (χ0n) is 11.1. The summed E-state index contributed by atoms with van der Waals surface area (Å²) in [5.41, 5.74) is 0. The Hall–Kier alpha value is -1.10. The molecular weight excluding hydrogens is 246 g/mol. The second kappa shape index (κ2) is 5.12. The number of carboxylic acids is 1. The van der Waals surface area contributed by atoms with E-state index >= 15 is 0 Å². The number of fused-ring (bicyclic) bond motifs is 2. The summed E-state index contributed by atoms with van der Waals surface area (Å²) in [4.78, 5) is 25.8. The van der Waals surface area contributed by atoms with Crippen LogP contribution in [0.2, 0.25) is 0 Å². The SMILES string of the molecule is O=C(O)C1CCCCC1C(=O)N1CC2CCC(C1)O2. The number of likely N-dealkylation sites (tertiary alicyclic amines) is 1. The molecule has 19 heavy (non-hydrogen) atoms. The summed E-state index contributed by atoms with van der Waals surface area (Å²) < 4.78 is 5.73. The standard InChI is InChI=1S/C14H21NO4/c16-13(11-3-1-2-4-12(11)14(17)18)15-7-9-5-6-10(8-15)19-9/h9-12H,1-8H2,(H,17,18). The minimum Gasteiger partial charge on any atom is -0.481 e. The second-order valence-electron chi connectivity index (χ2n) is 6.04. The molecular formula is C14H21NO4. The van der Waals surface area contributed by atoms with Crippen molar-refractivity contribution in [2.24, 2.45) is 11.8 Å². The lowest BCUT2D eigenvalue weighted by Crippen LogP contribution is -2.50. The summed E-state index contributed by atoms with van der Waals surface area (Å²) >= 11 is 0. The van der Waals surface area contributed by atoms with Gasteiger partial charge in [-0.05, 0) is 25.7 Å². The fourth-order valence-electron chi connectivity index (χ4n) is 3.75. The van der Waals surface area contributed by atoms with Gasteiger partial charge in [0, 0.05) is 13.1 Å². The highest BCUT2D eigenvalue weighted by Gasteiger charge is 2.42. The predicted octanol–water partition coefficient (Wildman–Crippen LogP) is 1.27. The van der Waals surface area contributed by atoms with Crippen molar-refractivity contribution >= 4 is 11.9 Å². The third-order valence-electron chi connectivity index (χ3n) is 4.76. The van der Waals surface area contributed by atoms with Crippen molar-refractivity contribution in [2.45, 2.75) is 50.7 Å². The van der Waals surface area contributed by atoms with E-state index in [-0.39, 0.29) is 24.0 Å². The number of carbonyl (C=O) groups excluding carboxylic acids is 1. The zero-order valence-corrected chi connectivity index (χ0v) is 11.1. The third kappa shape index (κ3) is 2.48. The molecule has 2 aliphatic heterocycles. The van der Waals surface area contributed by atoms with Gasteiger partial charge in [-0.3, -0.25) is 9.59 Å². The molecule has 3 aliphatic rings. The average molecular weight is 267 g/mol. The van der Waals surface area contributed by atoms with Crippen LogP contribution in [-0.4, -0.2) is 47.2 Å². The van der Waals surface area contributed by atoms with Crippen LogP contribution in [0.4, 0.5) is 0 Å². The molecule has 4 unspecified atom stereocenters. The molecule has 0 aromatic rings. The van der Waals surface area contributed by atoms with E-state index in [1.165, 1.54) is 0 Å². The van der Waals surface area contributed by atoms with Gasteiger partial charge in [0.25, 0.3) is 0 Å². The van der Waals surface area contributed by atoms with E-state index in [4.69, 9.17) is 4.74 Å². The molecule has 5 nitrogen and oxygen atoms in total. The van der Waals surface area contributed by atoms with E-state index in [2.05, 4.69) is 0 Å². The van der Waals surface area contributed by atoms with Gasteiger partial charge >= 0.3 is 5.97 Å². The lowest BCUT2D eigenvalue weighted by Gasteiger charge is -2.37. The summed E-state index contributed by atoms with van der Waals surface area (Å²) in [6.45, 7) is 1.30. The van der Waals surface area contributed by atoms with Crippen LogP contribution in [0.15, 0.2) is 0 Å². The van der Waals surface area contributed by atoms with E-state index in [9.17, 15) is 14.7 Å². The number of morpholine rings is 1. The number of carbonyl (C=O) groups is 2. The Labute approximate surface area is 112 Å². The van der Waals surface area contributed by atoms with Gasteiger partial charge in [0.05, 0.1) is 24.0 Å². The number of ether oxygens (including phenoxy) is 1. The highest BCUT2D eigenvalue weighted by molar-refractivity contribution is 5.85. The van der Waals surface area contributed by atoms with E-state index in [0.29, 0.717) is 19.5 Å². The average Bonchev–Trinajstić information content (AvgIpc) is 2.76. The zero-order chi connectivity index (χ0) is 13.4. The lowest BCUT2D eigenvalue weighted by atomic mass is 9.78. The minimum atomic E-state index is -0.811. The number of rotatable bonds is 2. The molecule has 2 heterocycles. The summed E-state index contributed by atoms with van der Waals surface area (Å²) in [5, 5.41) is 9.28. The van der Waals surface area contributed by atoms with Crippen molar-refractivity contribution in [1.29, 1.82) is 0 Å². The molecule has 0 radical (unpaired) electrons. The maximum atomic E-state index is 12.6. The van der Waals surface area contributed by atoms with Crippen molar-refractivity contribution in [3.8, 4) is 0 Å². The molecule has 0 aromatic heterocycles. The number of aliphatic carboxylic acids is 1. The molecule has 1 amide bonds. The molecule has 1 saturated carbocycles. The molecule has 106 valence electrons. The van der Waals surface area contributed by atoms with Crippen molar-refractivity contribution in [1.82, 2.24) is 4.90 Å². The van der Waals surface area contributed by atoms with Gasteiger partial charge in [-0.1, -0.05) is 12.8 Å². The first kappa shape index (κ1) is 12.9. The summed E-state index contributed by atoms with van der Waals surface area (Å²) in [7, 11) is 0. The first-order chi connectivity index (χ1) is 9.15. The Balaban J connectivity index is 1.69. The Kier molecular flexibility index (Phi) is 3.48. The van der Waals surface area contributed by atoms with E-state index < -0.39 is 11.9 Å². The molecule has 3 fully saturated rings. The fraction of sp³-hybridized carbons (Fsp3) is 0.857. The normalized spacial score (nSPS) is 38.2. The van der Waals surface area contributed by atoms with Gasteiger partial charge in [-0.15, -0.1) is 0 Å². The quantitative estimate of drug-likeness (QED) is 0.818. The topological polar surface area (TPSA) is 66.8 Å². The van der Waals surface area contributed by atoms with Gasteiger partial charge in [-0.2, -0.15) is 0 Å². The molecule has 1 aliphatic carbocycles. The molecule has 2 saturated heterocycles. The monoisotopic (exact) mass is 267 g/mol. The van der Waals surface area contributed by atoms with Crippen LogP contribution in [0.3, 0.4) is 0 Å². The highest BCUT2D eigenvalue weighted by Crippen LogP contribution is 2.34. The second-order valence-corrected chi connectivity index (χ2v) is 6.04. The predicted molar refractivity (Wildman–Crippen MR) is 67.6 cm³/mol. The van der Waals surface area contributed by atoms with Crippen LogP contribution in [0.5, 0.6) is 0 Å². The van der Waals surface area contributed by atoms with E-state index in [0.717, 1.165) is 32.1 Å². The van der Waals surface area contributed by atoms with E-state index in [1.807, 2.05) is 4.90 Å². The van der Waals surface area contributed by atoms with E-state index in [1.54, 1.807) is 0 Å². The minimum absolute atomic E-state index is 0.0484. The van der Waals surface area contributed by atoms with Gasteiger partial charge in [0.2, 0.25) is 5.91 Å². The molecule has 0 aromatic carbocycles. The van der Waals surface area contributed by atoms with Crippen LogP contribution in [0.25, 0.3) is 0 Å². The summed E-state index contributed by atoms with van der Waals surface area (Å²) in [6.07, 6.45) is 5.67. The van der Waals surface area contributed by atoms with Gasteiger partial charge in [0.1, 0.15) is 0 Å². The number of hydrogen-bond donors (Lipinski definition) is 1. The van der Waals surface area contributed by atoms with Gasteiger partial charge in [-0.25, -0.2) is 0 Å². The van der Waals surface area contributed by atoms with Crippen LogP contribution in [0, 0.1) is 11.8 Å². The lowest BCUT2D eigenvalue weighted by molar-refractivity contribution is -0.156. The third-order valence-corrected chi connectivity index (χ3v) is 4.76. The fourth-order valence-corrected chi connectivity index (χ4v) is 3.75. The Morgan fingerprint density at radius 1 is 0.947 bits per heavy atom. The molecule has 3 rings (SSSR count). The molecule has 5 heteroatoms. The van der Waals surface area contributed by atoms with Crippen molar-refractivity contribution in [3.63, 3.8) is 0 Å². The Bertz CT molecular complexity index is 372. The van der Waals surface area contributed by atoms with Crippen LogP contribution < -0.4 is 0 Å². The molecule has 0 spiro atoms. The van der Waals surface area contributed by atoms with Crippen LogP contribution in [0.1, 0.15) is 38.5 Å². The maximum Gasteiger partial charge on any atom is 0.307 e. The largest absolute Gasteiger partial charge is 0.481 e. The number of carboxylic acid groups (broad SMARTS) is 1. The molecule has 2 bridgehead atoms. The van der Waals surface area contributed by atoms with Gasteiger partial charge in [0.15, 0.2) is 0 Å². The first-order valence-corrected chi connectivity index (χ1v) is 7.32. The van der Waals surface area contributed by atoms with Crippen LogP contribution >= 0.6 is 0 Å². The van der Waals surface area contributed by atoms with Crippen LogP contribution in [-0.2, 0) is 14.3 Å². The summed E-state index contributed by atoms with van der Waals surface area (Å²) in [5.74, 6) is -1.56. The van der Waals surface area contributed by atoms with Crippen molar-refractivity contribution in [2.75, 3.05) is 13.1 Å². The van der Waals surface area contributed by atoms with Gasteiger partial charge < -0.3 is 14.7 Å². The molecule has 1 N–H and O–H groups in total. The Morgan fingerprint density at radius 2 is 1.53 bits per heavy atom. The summed E-state index contributed by atoms with van der Waals surface area (Å²) in [6, 6.07) is 0.